The van der Waals surface area contributed by atoms with Gasteiger partial charge in [0, 0.05) is 12.1 Å². The van der Waals surface area contributed by atoms with Crippen molar-refractivity contribution in [3.63, 3.8) is 0 Å². The maximum Gasteiger partial charge on any atom is 0.295 e. The largest absolute Gasteiger partial charge is 0.507 e. The lowest BCUT2D eigenvalue weighted by molar-refractivity contribution is -0.140. The summed E-state index contributed by atoms with van der Waals surface area (Å²) in [7, 11) is 0. The fourth-order valence-corrected chi connectivity index (χ4v) is 4.87. The fraction of sp³-hybridized carbons (Fsp3) is 0.448. The fourth-order valence-electron chi connectivity index (χ4n) is 4.87. The van der Waals surface area contributed by atoms with Crippen LogP contribution in [0.3, 0.4) is 0 Å². The highest BCUT2D eigenvalue weighted by Gasteiger charge is 2.45. The monoisotopic (exact) mass is 492 g/mol. The van der Waals surface area contributed by atoms with Crippen molar-refractivity contribution in [2.45, 2.75) is 46.1 Å². The number of hydrogen-bond donors (Lipinski definition) is 1. The quantitative estimate of drug-likeness (QED) is 0.310. The number of fused-ring (bicyclic) bond motifs is 1. The van der Waals surface area contributed by atoms with Gasteiger partial charge in [0.1, 0.15) is 19.0 Å². The second-order valence-electron chi connectivity index (χ2n) is 9.55. The predicted octanol–water partition coefficient (Wildman–Crippen LogP) is 4.73. The lowest BCUT2D eigenvalue weighted by Gasteiger charge is -2.27. The molecule has 192 valence electrons. The van der Waals surface area contributed by atoms with Gasteiger partial charge in [-0.25, -0.2) is 0 Å². The highest BCUT2D eigenvalue weighted by atomic mass is 16.6. The summed E-state index contributed by atoms with van der Waals surface area (Å²) in [5.74, 6) is 0.0218. The maximum atomic E-state index is 13.3. The summed E-state index contributed by atoms with van der Waals surface area (Å²) in [6.45, 7) is 12.5. The second kappa shape index (κ2) is 11.2. The van der Waals surface area contributed by atoms with Crippen molar-refractivity contribution < 1.29 is 24.2 Å². The third kappa shape index (κ3) is 5.12. The van der Waals surface area contributed by atoms with E-state index in [4.69, 9.17) is 9.47 Å². The van der Waals surface area contributed by atoms with E-state index in [-0.39, 0.29) is 11.3 Å². The van der Waals surface area contributed by atoms with Crippen LogP contribution < -0.4 is 9.47 Å². The molecule has 0 aliphatic carbocycles. The van der Waals surface area contributed by atoms with Crippen LogP contribution in [0.2, 0.25) is 0 Å². The zero-order valence-electron chi connectivity index (χ0n) is 21.6. The second-order valence-corrected chi connectivity index (χ2v) is 9.55. The molecule has 1 N–H and O–H groups in total. The van der Waals surface area contributed by atoms with E-state index >= 15 is 0 Å². The zero-order chi connectivity index (χ0) is 25.8. The standard InChI is InChI=1S/C29H36N2O5/c1-5-30(6-2)14-7-15-31-26(21-10-8-20(9-11-21)19(3)4)25(28(33)29(31)34)27(32)22-12-13-23-24(18-22)36-17-16-35-23/h8-13,18-19,26,32H,5-7,14-17H2,1-4H3/b27-25+. The van der Waals surface area contributed by atoms with Crippen LogP contribution in [-0.2, 0) is 9.59 Å². The Hall–Kier alpha value is -3.32. The molecule has 1 fully saturated rings. The average molecular weight is 493 g/mol. The summed E-state index contributed by atoms with van der Waals surface area (Å²) in [5.41, 5.74) is 2.51. The summed E-state index contributed by atoms with van der Waals surface area (Å²) in [5, 5.41) is 11.4. The first-order valence-electron chi connectivity index (χ1n) is 12.9. The van der Waals surface area contributed by atoms with Crippen LogP contribution in [0.25, 0.3) is 5.76 Å². The van der Waals surface area contributed by atoms with E-state index in [1.165, 1.54) is 5.56 Å². The number of aliphatic hydroxyl groups excluding tert-OH is 1. The van der Waals surface area contributed by atoms with Gasteiger partial charge in [-0.05, 0) is 61.3 Å². The molecule has 0 spiro atoms. The van der Waals surface area contributed by atoms with Gasteiger partial charge < -0.3 is 24.4 Å². The summed E-state index contributed by atoms with van der Waals surface area (Å²) < 4.78 is 11.2. The first-order chi connectivity index (χ1) is 17.3. The molecule has 0 radical (unpaired) electrons. The van der Waals surface area contributed by atoms with Crippen molar-refractivity contribution in [1.82, 2.24) is 9.80 Å². The van der Waals surface area contributed by atoms with Crippen LogP contribution in [0.15, 0.2) is 48.0 Å². The summed E-state index contributed by atoms with van der Waals surface area (Å²) >= 11 is 0. The first-order valence-corrected chi connectivity index (χ1v) is 12.9. The number of amides is 1. The van der Waals surface area contributed by atoms with Gasteiger partial charge in [-0.15, -0.1) is 0 Å². The lowest BCUT2D eigenvalue weighted by atomic mass is 9.93. The molecule has 1 unspecified atom stereocenters. The van der Waals surface area contributed by atoms with E-state index in [1.807, 2.05) is 24.3 Å². The van der Waals surface area contributed by atoms with E-state index in [2.05, 4.69) is 32.6 Å². The molecule has 0 aromatic heterocycles. The SMILES string of the molecule is CCN(CC)CCCN1C(=O)C(=O)/C(=C(/O)c2ccc3c(c2)OCCO3)C1c1ccc(C(C)C)cc1. The van der Waals surface area contributed by atoms with Gasteiger partial charge in [0.05, 0.1) is 11.6 Å². The first kappa shape index (κ1) is 25.8. The average Bonchev–Trinajstić information content (AvgIpc) is 3.15. The zero-order valence-corrected chi connectivity index (χ0v) is 21.6. The Labute approximate surface area is 213 Å². The van der Waals surface area contributed by atoms with E-state index < -0.39 is 17.7 Å². The van der Waals surface area contributed by atoms with E-state index in [9.17, 15) is 14.7 Å². The van der Waals surface area contributed by atoms with Gasteiger partial charge in [0.2, 0.25) is 0 Å². The number of rotatable bonds is 9. The predicted molar refractivity (Wildman–Crippen MR) is 139 cm³/mol. The number of benzene rings is 2. The third-order valence-electron chi connectivity index (χ3n) is 7.04. The van der Waals surface area contributed by atoms with Crippen molar-refractivity contribution in [1.29, 1.82) is 0 Å². The van der Waals surface area contributed by atoms with Gasteiger partial charge >= 0.3 is 0 Å². The molecule has 0 bridgehead atoms. The molecule has 1 saturated heterocycles. The summed E-state index contributed by atoms with van der Waals surface area (Å²) in [6, 6.07) is 12.4. The van der Waals surface area contributed by atoms with Crippen LogP contribution >= 0.6 is 0 Å². The molecule has 4 rings (SSSR count). The minimum Gasteiger partial charge on any atom is -0.507 e. The van der Waals surface area contributed by atoms with Crippen molar-refractivity contribution >= 4 is 17.4 Å². The summed E-state index contributed by atoms with van der Waals surface area (Å²) in [6.07, 6.45) is 0.735. The molecule has 36 heavy (non-hydrogen) atoms. The van der Waals surface area contributed by atoms with Gasteiger partial charge in [-0.2, -0.15) is 0 Å². The Balaban J connectivity index is 1.74. The smallest absolute Gasteiger partial charge is 0.295 e. The number of carbonyl (C=O) groups is 2. The Morgan fingerprint density at radius 2 is 1.69 bits per heavy atom. The Bertz CT molecular complexity index is 1130. The van der Waals surface area contributed by atoms with Gasteiger partial charge in [-0.3, -0.25) is 9.59 Å². The highest BCUT2D eigenvalue weighted by Crippen LogP contribution is 2.41. The maximum absolute atomic E-state index is 13.3. The third-order valence-corrected chi connectivity index (χ3v) is 7.04. The molecular weight excluding hydrogens is 456 g/mol. The molecule has 2 aromatic rings. The minimum absolute atomic E-state index is 0.108. The topological polar surface area (TPSA) is 79.3 Å². The molecular formula is C29H36N2O5. The Kier molecular flexibility index (Phi) is 7.99. The van der Waals surface area contributed by atoms with Crippen molar-refractivity contribution in [3.8, 4) is 11.5 Å². The van der Waals surface area contributed by atoms with E-state index in [0.717, 1.165) is 31.6 Å². The Morgan fingerprint density at radius 1 is 1.03 bits per heavy atom. The molecule has 2 aliphatic heterocycles. The molecule has 2 aromatic carbocycles. The van der Waals surface area contributed by atoms with Crippen LogP contribution in [0.4, 0.5) is 0 Å². The molecule has 1 atom stereocenters. The molecule has 0 saturated carbocycles. The van der Waals surface area contributed by atoms with Crippen LogP contribution in [0.5, 0.6) is 11.5 Å². The number of ether oxygens (including phenoxy) is 2. The van der Waals surface area contributed by atoms with Gasteiger partial charge in [0.15, 0.2) is 11.5 Å². The van der Waals surface area contributed by atoms with Crippen LogP contribution in [0, 0.1) is 0 Å². The molecule has 2 heterocycles. The van der Waals surface area contributed by atoms with Crippen molar-refractivity contribution in [2.24, 2.45) is 0 Å². The van der Waals surface area contributed by atoms with Gasteiger partial charge in [-0.1, -0.05) is 52.0 Å². The van der Waals surface area contributed by atoms with Crippen molar-refractivity contribution in [2.75, 3.05) is 39.4 Å². The number of carbonyl (C=O) groups excluding carboxylic acids is 2. The Morgan fingerprint density at radius 3 is 2.33 bits per heavy atom. The van der Waals surface area contributed by atoms with E-state index in [0.29, 0.717) is 42.7 Å². The normalized spacial score (nSPS) is 18.9. The molecule has 7 heteroatoms. The summed E-state index contributed by atoms with van der Waals surface area (Å²) in [4.78, 5) is 30.4. The van der Waals surface area contributed by atoms with Crippen LogP contribution in [-0.4, -0.2) is 66.0 Å². The van der Waals surface area contributed by atoms with E-state index in [1.54, 1.807) is 23.1 Å². The minimum atomic E-state index is -0.664. The molecule has 1 amide bonds. The van der Waals surface area contributed by atoms with Gasteiger partial charge in [0.25, 0.3) is 11.7 Å². The lowest BCUT2D eigenvalue weighted by Crippen LogP contribution is -2.33. The number of hydrogen-bond acceptors (Lipinski definition) is 6. The number of Topliss-reactive ketones (excluding diaryl/α,β-unsaturated/α-hetero) is 1. The number of nitrogens with zero attached hydrogens (tertiary/aromatic N) is 2. The number of likely N-dealkylation sites (tertiary alicyclic amines) is 1. The molecule has 2 aliphatic rings. The highest BCUT2D eigenvalue weighted by molar-refractivity contribution is 6.46. The molecule has 7 nitrogen and oxygen atoms in total. The number of aliphatic hydroxyl groups is 1. The number of ketones is 1. The van der Waals surface area contributed by atoms with Crippen LogP contribution in [0.1, 0.15) is 62.8 Å². The van der Waals surface area contributed by atoms with Crippen molar-refractivity contribution in [3.05, 3.63) is 64.7 Å².